The summed E-state index contributed by atoms with van der Waals surface area (Å²) in [6.45, 7) is 3.68. The molecule has 2 atom stereocenters. The van der Waals surface area contributed by atoms with Gasteiger partial charge in [-0.3, -0.25) is 4.79 Å². The molecular weight excluding hydrogens is 182 g/mol. The third kappa shape index (κ3) is 4.07. The van der Waals surface area contributed by atoms with Gasteiger partial charge in [0.25, 0.3) is 0 Å². The van der Waals surface area contributed by atoms with Gasteiger partial charge in [-0.1, -0.05) is 0 Å². The molecule has 0 unspecified atom stereocenters. The highest BCUT2D eigenvalue weighted by molar-refractivity contribution is 5.69. The van der Waals surface area contributed by atoms with E-state index in [1.165, 1.54) is 7.11 Å². The van der Waals surface area contributed by atoms with Crippen LogP contribution in [-0.4, -0.2) is 38.4 Å². The van der Waals surface area contributed by atoms with E-state index >= 15 is 0 Å². The van der Waals surface area contributed by atoms with Crippen LogP contribution in [0.15, 0.2) is 0 Å². The van der Waals surface area contributed by atoms with Crippen LogP contribution in [0.1, 0.15) is 26.2 Å². The number of esters is 1. The number of nitrogens with one attached hydrogen (secondary N) is 1. The largest absolute Gasteiger partial charge is 0.469 e. The Balaban J connectivity index is 2.07. The number of hydrogen-bond donors (Lipinski definition) is 1. The maximum absolute atomic E-state index is 10.9. The lowest BCUT2D eigenvalue weighted by Gasteiger charge is -2.15. The van der Waals surface area contributed by atoms with Gasteiger partial charge in [0.15, 0.2) is 0 Å². The summed E-state index contributed by atoms with van der Waals surface area (Å²) in [6, 6.07) is 0.159. The van der Waals surface area contributed by atoms with Crippen LogP contribution in [0.25, 0.3) is 0 Å². The number of ether oxygens (including phenoxy) is 2. The van der Waals surface area contributed by atoms with Crippen molar-refractivity contribution in [1.29, 1.82) is 0 Å². The fourth-order valence-corrected chi connectivity index (χ4v) is 1.54. The zero-order chi connectivity index (χ0) is 10.4. The Morgan fingerprint density at radius 3 is 3.07 bits per heavy atom. The highest BCUT2D eigenvalue weighted by Gasteiger charge is 2.16. The van der Waals surface area contributed by atoms with Gasteiger partial charge in [-0.15, -0.1) is 0 Å². The molecule has 1 fully saturated rings. The van der Waals surface area contributed by atoms with E-state index in [2.05, 4.69) is 10.1 Å². The van der Waals surface area contributed by atoms with Gasteiger partial charge in [-0.2, -0.15) is 0 Å². The van der Waals surface area contributed by atoms with Crippen LogP contribution < -0.4 is 5.32 Å². The lowest BCUT2D eigenvalue weighted by atomic mass is 10.2. The monoisotopic (exact) mass is 201 g/mol. The molecule has 0 radical (unpaired) electrons. The van der Waals surface area contributed by atoms with E-state index in [9.17, 15) is 4.79 Å². The SMILES string of the molecule is COC(=O)C[C@@H](C)NC[C@@H]1CCCO1. The third-order valence-electron chi connectivity index (χ3n) is 2.42. The van der Waals surface area contributed by atoms with E-state index in [-0.39, 0.29) is 12.0 Å². The highest BCUT2D eigenvalue weighted by atomic mass is 16.5. The van der Waals surface area contributed by atoms with Crippen molar-refractivity contribution in [3.63, 3.8) is 0 Å². The topological polar surface area (TPSA) is 47.6 Å². The van der Waals surface area contributed by atoms with Gasteiger partial charge in [-0.05, 0) is 19.8 Å². The summed E-state index contributed by atoms with van der Waals surface area (Å²) in [5, 5.41) is 3.26. The van der Waals surface area contributed by atoms with Gasteiger partial charge < -0.3 is 14.8 Å². The van der Waals surface area contributed by atoms with E-state index < -0.39 is 0 Å². The Bertz CT molecular complexity index is 178. The Labute approximate surface area is 85.0 Å². The molecule has 0 aliphatic carbocycles. The molecule has 82 valence electrons. The Kier molecular flexibility index (Phi) is 4.90. The van der Waals surface area contributed by atoms with Gasteiger partial charge in [0.2, 0.25) is 0 Å². The molecule has 14 heavy (non-hydrogen) atoms. The summed E-state index contributed by atoms with van der Waals surface area (Å²) in [6.07, 6.45) is 3.02. The van der Waals surface area contributed by atoms with Gasteiger partial charge in [0.05, 0.1) is 19.6 Å². The normalized spacial score (nSPS) is 23.4. The number of rotatable bonds is 5. The van der Waals surface area contributed by atoms with Crippen molar-refractivity contribution in [3.05, 3.63) is 0 Å². The number of hydrogen-bond acceptors (Lipinski definition) is 4. The van der Waals surface area contributed by atoms with Crippen molar-refractivity contribution in [3.8, 4) is 0 Å². The lowest BCUT2D eigenvalue weighted by Crippen LogP contribution is -2.35. The molecule has 0 spiro atoms. The van der Waals surface area contributed by atoms with Crippen LogP contribution in [-0.2, 0) is 14.3 Å². The van der Waals surface area contributed by atoms with E-state index in [0.717, 1.165) is 26.0 Å². The molecule has 0 aromatic rings. The first kappa shape index (κ1) is 11.5. The number of carbonyl (C=O) groups excluding carboxylic acids is 1. The molecule has 0 amide bonds. The molecule has 1 aliphatic heterocycles. The fraction of sp³-hybridized carbons (Fsp3) is 0.900. The maximum Gasteiger partial charge on any atom is 0.307 e. The molecule has 0 aromatic carbocycles. The summed E-state index contributed by atoms with van der Waals surface area (Å²) in [4.78, 5) is 10.9. The molecule has 0 aromatic heterocycles. The molecular formula is C10H19NO3. The molecule has 1 saturated heterocycles. The molecule has 1 rings (SSSR count). The zero-order valence-electron chi connectivity index (χ0n) is 8.91. The Morgan fingerprint density at radius 1 is 1.71 bits per heavy atom. The van der Waals surface area contributed by atoms with E-state index in [1.807, 2.05) is 6.92 Å². The van der Waals surface area contributed by atoms with E-state index in [4.69, 9.17) is 4.74 Å². The zero-order valence-corrected chi connectivity index (χ0v) is 8.91. The molecule has 1 aliphatic rings. The maximum atomic E-state index is 10.9. The second-order valence-corrected chi connectivity index (χ2v) is 3.72. The predicted molar refractivity (Wildman–Crippen MR) is 53.1 cm³/mol. The van der Waals surface area contributed by atoms with Gasteiger partial charge in [0.1, 0.15) is 0 Å². The van der Waals surface area contributed by atoms with Gasteiger partial charge in [0, 0.05) is 19.2 Å². The van der Waals surface area contributed by atoms with Gasteiger partial charge >= 0.3 is 5.97 Å². The number of carbonyl (C=O) groups is 1. The first-order valence-corrected chi connectivity index (χ1v) is 5.14. The first-order valence-electron chi connectivity index (χ1n) is 5.14. The van der Waals surface area contributed by atoms with Crippen molar-refractivity contribution < 1.29 is 14.3 Å². The Hall–Kier alpha value is -0.610. The van der Waals surface area contributed by atoms with Crippen LogP contribution in [0.5, 0.6) is 0 Å². The molecule has 0 bridgehead atoms. The van der Waals surface area contributed by atoms with Crippen LogP contribution in [0.2, 0.25) is 0 Å². The van der Waals surface area contributed by atoms with Crippen LogP contribution in [0.3, 0.4) is 0 Å². The van der Waals surface area contributed by atoms with Crippen LogP contribution in [0, 0.1) is 0 Å². The second-order valence-electron chi connectivity index (χ2n) is 3.72. The lowest BCUT2D eigenvalue weighted by molar-refractivity contribution is -0.141. The minimum Gasteiger partial charge on any atom is -0.469 e. The summed E-state index contributed by atoms with van der Waals surface area (Å²) < 4.78 is 10.0. The molecule has 1 heterocycles. The first-order chi connectivity index (χ1) is 6.72. The molecule has 1 N–H and O–H groups in total. The second kappa shape index (κ2) is 5.98. The Morgan fingerprint density at radius 2 is 2.50 bits per heavy atom. The quantitative estimate of drug-likeness (QED) is 0.665. The van der Waals surface area contributed by atoms with Crippen LogP contribution in [0.4, 0.5) is 0 Å². The van der Waals surface area contributed by atoms with Crippen LogP contribution >= 0.6 is 0 Å². The summed E-state index contributed by atoms with van der Waals surface area (Å²) >= 11 is 0. The summed E-state index contributed by atoms with van der Waals surface area (Å²) in [5.41, 5.74) is 0. The fourth-order valence-electron chi connectivity index (χ4n) is 1.54. The van der Waals surface area contributed by atoms with Gasteiger partial charge in [-0.25, -0.2) is 0 Å². The highest BCUT2D eigenvalue weighted by Crippen LogP contribution is 2.10. The minimum absolute atomic E-state index is 0.159. The average molecular weight is 201 g/mol. The van der Waals surface area contributed by atoms with Crippen molar-refractivity contribution in [2.75, 3.05) is 20.3 Å². The molecule has 0 saturated carbocycles. The number of methoxy groups -OCH3 is 1. The minimum atomic E-state index is -0.169. The smallest absolute Gasteiger partial charge is 0.307 e. The summed E-state index contributed by atoms with van der Waals surface area (Å²) in [7, 11) is 1.41. The predicted octanol–water partition coefficient (Wildman–Crippen LogP) is 0.707. The van der Waals surface area contributed by atoms with E-state index in [1.54, 1.807) is 0 Å². The van der Waals surface area contributed by atoms with Crippen molar-refractivity contribution >= 4 is 5.97 Å². The average Bonchev–Trinajstić information content (AvgIpc) is 2.67. The third-order valence-corrected chi connectivity index (χ3v) is 2.42. The standard InChI is InChI=1S/C10H19NO3/c1-8(6-10(12)13-2)11-7-9-4-3-5-14-9/h8-9,11H,3-7H2,1-2H3/t8-,9+/m1/s1. The van der Waals surface area contributed by atoms with Crippen molar-refractivity contribution in [2.24, 2.45) is 0 Å². The molecule has 4 heteroatoms. The van der Waals surface area contributed by atoms with Crippen molar-refractivity contribution in [2.45, 2.75) is 38.3 Å². The van der Waals surface area contributed by atoms with Crippen molar-refractivity contribution in [1.82, 2.24) is 5.32 Å². The summed E-state index contributed by atoms with van der Waals surface area (Å²) in [5.74, 6) is -0.169. The van der Waals surface area contributed by atoms with E-state index in [0.29, 0.717) is 12.5 Å². The molecule has 4 nitrogen and oxygen atoms in total.